The summed E-state index contributed by atoms with van der Waals surface area (Å²) in [7, 11) is 1.66. The average Bonchev–Trinajstić information content (AvgIpc) is 2.50. The Morgan fingerprint density at radius 1 is 1.14 bits per heavy atom. The van der Waals surface area contributed by atoms with E-state index in [-0.39, 0.29) is 16.9 Å². The Morgan fingerprint density at radius 3 is 2.71 bits per heavy atom. The predicted octanol–water partition coefficient (Wildman–Crippen LogP) is 2.51. The molecule has 0 unspecified atom stereocenters. The fourth-order valence-electron chi connectivity index (χ4n) is 2.33. The Hall–Kier alpha value is -3.02. The number of aryl methyl sites for hydroxylation is 1. The van der Waals surface area contributed by atoms with Crippen molar-refractivity contribution in [2.45, 2.75) is 0 Å². The molecule has 0 saturated heterocycles. The van der Waals surface area contributed by atoms with Gasteiger partial charge in [-0.1, -0.05) is 12.1 Å². The molecule has 1 aromatic carbocycles. The molecule has 0 atom stereocenters. The van der Waals surface area contributed by atoms with Crippen LogP contribution in [0.4, 0.5) is 5.69 Å². The molecule has 0 radical (unpaired) electrons. The maximum absolute atomic E-state index is 12.1. The third-order valence-electron chi connectivity index (χ3n) is 3.36. The fourth-order valence-corrected chi connectivity index (χ4v) is 2.33. The van der Waals surface area contributed by atoms with Crippen LogP contribution < -0.4 is 5.56 Å². The van der Waals surface area contributed by atoms with Crippen LogP contribution >= 0.6 is 0 Å². The molecule has 2 heterocycles. The maximum atomic E-state index is 12.1. The van der Waals surface area contributed by atoms with Crippen LogP contribution in [0.1, 0.15) is 0 Å². The molecule has 0 aliphatic carbocycles. The minimum Gasteiger partial charge on any atom is -0.318 e. The first kappa shape index (κ1) is 13.0. The summed E-state index contributed by atoms with van der Waals surface area (Å²) in [6.07, 6.45) is 3.14. The summed E-state index contributed by atoms with van der Waals surface area (Å²) in [4.78, 5) is 26.9. The molecule has 0 N–H and O–H groups in total. The van der Waals surface area contributed by atoms with E-state index >= 15 is 0 Å². The van der Waals surface area contributed by atoms with Gasteiger partial charge in [0.15, 0.2) is 0 Å². The Balaban J connectivity index is 2.40. The Labute approximate surface area is 119 Å². The van der Waals surface area contributed by atoms with Crippen LogP contribution in [0, 0.1) is 10.1 Å². The number of fused-ring (bicyclic) bond motifs is 1. The first-order valence-electron chi connectivity index (χ1n) is 6.28. The number of hydrogen-bond acceptors (Lipinski definition) is 4. The molecule has 0 aliphatic rings. The molecule has 0 amide bonds. The summed E-state index contributed by atoms with van der Waals surface area (Å²) >= 11 is 0. The van der Waals surface area contributed by atoms with Gasteiger partial charge < -0.3 is 4.57 Å². The lowest BCUT2D eigenvalue weighted by Crippen LogP contribution is -2.15. The van der Waals surface area contributed by atoms with Gasteiger partial charge in [0, 0.05) is 36.5 Å². The summed E-state index contributed by atoms with van der Waals surface area (Å²) in [6.45, 7) is 0. The normalized spacial score (nSPS) is 10.7. The molecule has 0 bridgehead atoms. The van der Waals surface area contributed by atoms with Crippen molar-refractivity contribution in [1.29, 1.82) is 0 Å². The van der Waals surface area contributed by atoms with Gasteiger partial charge in [0.2, 0.25) is 0 Å². The van der Waals surface area contributed by atoms with Gasteiger partial charge in [-0.25, -0.2) is 4.98 Å². The van der Waals surface area contributed by atoms with Crippen molar-refractivity contribution in [2.75, 3.05) is 0 Å². The number of pyridine rings is 2. The van der Waals surface area contributed by atoms with E-state index in [1.54, 1.807) is 37.5 Å². The molecular weight excluding hydrogens is 270 g/mol. The fraction of sp³-hybridized carbons (Fsp3) is 0.0667. The Morgan fingerprint density at radius 2 is 1.95 bits per heavy atom. The molecule has 21 heavy (non-hydrogen) atoms. The van der Waals surface area contributed by atoms with Crippen LogP contribution in [-0.4, -0.2) is 14.5 Å². The van der Waals surface area contributed by atoms with Gasteiger partial charge in [-0.05, 0) is 23.6 Å². The van der Waals surface area contributed by atoms with Crippen molar-refractivity contribution < 1.29 is 4.92 Å². The summed E-state index contributed by atoms with van der Waals surface area (Å²) in [5.74, 6) is 0. The second kappa shape index (κ2) is 4.82. The molecule has 2 aromatic heterocycles. The van der Waals surface area contributed by atoms with Crippen LogP contribution in [0.25, 0.3) is 22.0 Å². The van der Waals surface area contributed by atoms with E-state index in [9.17, 15) is 14.9 Å². The van der Waals surface area contributed by atoms with Crippen LogP contribution in [0.15, 0.2) is 53.6 Å². The smallest absolute Gasteiger partial charge is 0.295 e. The molecule has 0 saturated carbocycles. The predicted molar refractivity (Wildman–Crippen MR) is 79.1 cm³/mol. The monoisotopic (exact) mass is 281 g/mol. The molecule has 0 aliphatic heterocycles. The zero-order valence-electron chi connectivity index (χ0n) is 11.2. The van der Waals surface area contributed by atoms with E-state index in [0.717, 1.165) is 0 Å². The molecule has 6 heteroatoms. The van der Waals surface area contributed by atoms with Crippen LogP contribution in [0.3, 0.4) is 0 Å². The van der Waals surface area contributed by atoms with Gasteiger partial charge in [0.05, 0.1) is 4.92 Å². The lowest BCUT2D eigenvalue weighted by Gasteiger charge is -2.07. The summed E-state index contributed by atoms with van der Waals surface area (Å²) in [6, 6.07) is 9.84. The Bertz CT molecular complexity index is 915. The highest BCUT2D eigenvalue weighted by molar-refractivity contribution is 5.96. The minimum absolute atomic E-state index is 0.0781. The van der Waals surface area contributed by atoms with Crippen molar-refractivity contribution in [3.8, 4) is 11.3 Å². The van der Waals surface area contributed by atoms with Gasteiger partial charge in [-0.3, -0.25) is 14.9 Å². The Kier molecular flexibility index (Phi) is 2.98. The molecule has 6 nitrogen and oxygen atoms in total. The zero-order chi connectivity index (χ0) is 15.0. The van der Waals surface area contributed by atoms with E-state index in [0.29, 0.717) is 16.3 Å². The van der Waals surface area contributed by atoms with Gasteiger partial charge in [-0.2, -0.15) is 0 Å². The first-order valence-corrected chi connectivity index (χ1v) is 6.28. The molecule has 3 rings (SSSR count). The number of benzene rings is 1. The van der Waals surface area contributed by atoms with Crippen LogP contribution in [0.2, 0.25) is 0 Å². The highest BCUT2D eigenvalue weighted by Gasteiger charge is 2.18. The molecular formula is C15H11N3O3. The van der Waals surface area contributed by atoms with Gasteiger partial charge in [-0.15, -0.1) is 0 Å². The van der Waals surface area contributed by atoms with Crippen molar-refractivity contribution in [3.63, 3.8) is 0 Å². The van der Waals surface area contributed by atoms with Crippen molar-refractivity contribution in [3.05, 3.63) is 69.3 Å². The third-order valence-corrected chi connectivity index (χ3v) is 3.36. The lowest BCUT2D eigenvalue weighted by atomic mass is 10.0. The van der Waals surface area contributed by atoms with Gasteiger partial charge >= 0.3 is 0 Å². The second-order valence-electron chi connectivity index (χ2n) is 4.63. The number of nitro groups is 1. The number of aromatic nitrogens is 2. The minimum atomic E-state index is -0.470. The van der Waals surface area contributed by atoms with Gasteiger partial charge in [0.25, 0.3) is 11.2 Å². The number of hydrogen-bond donors (Lipinski definition) is 0. The largest absolute Gasteiger partial charge is 0.318 e. The maximum Gasteiger partial charge on any atom is 0.295 e. The standard InChI is InChI=1S/C15H11N3O3/c1-17-9-7-10-11(4-2-5-12(10)15(17)19)14-13(18(20)21)6-3-8-16-14/h2-9H,1H3. The molecule has 0 spiro atoms. The van der Waals surface area contributed by atoms with E-state index in [2.05, 4.69) is 4.98 Å². The lowest BCUT2D eigenvalue weighted by molar-refractivity contribution is -0.384. The molecule has 104 valence electrons. The zero-order valence-corrected chi connectivity index (χ0v) is 11.2. The van der Waals surface area contributed by atoms with E-state index < -0.39 is 4.92 Å². The van der Waals surface area contributed by atoms with Crippen molar-refractivity contribution >= 4 is 16.5 Å². The molecule has 0 fully saturated rings. The van der Waals surface area contributed by atoms with Crippen LogP contribution in [0.5, 0.6) is 0 Å². The van der Waals surface area contributed by atoms with E-state index in [4.69, 9.17) is 0 Å². The van der Waals surface area contributed by atoms with E-state index in [1.165, 1.54) is 22.9 Å². The quantitative estimate of drug-likeness (QED) is 0.534. The molecule has 3 aromatic rings. The third kappa shape index (κ3) is 2.06. The highest BCUT2D eigenvalue weighted by Crippen LogP contribution is 2.31. The number of rotatable bonds is 2. The van der Waals surface area contributed by atoms with E-state index in [1.807, 2.05) is 0 Å². The summed E-state index contributed by atoms with van der Waals surface area (Å²) < 4.78 is 1.47. The second-order valence-corrected chi connectivity index (χ2v) is 4.63. The summed E-state index contributed by atoms with van der Waals surface area (Å²) in [5.41, 5.74) is 0.623. The van der Waals surface area contributed by atoms with Gasteiger partial charge in [0.1, 0.15) is 5.69 Å². The first-order chi connectivity index (χ1) is 10.1. The topological polar surface area (TPSA) is 78.0 Å². The highest BCUT2D eigenvalue weighted by atomic mass is 16.6. The van der Waals surface area contributed by atoms with Crippen molar-refractivity contribution in [2.24, 2.45) is 7.05 Å². The summed E-state index contributed by atoms with van der Waals surface area (Å²) in [5, 5.41) is 12.3. The SMILES string of the molecule is Cn1ccc2c(-c3ncccc3[N+](=O)[O-])cccc2c1=O. The average molecular weight is 281 g/mol. The van der Waals surface area contributed by atoms with Crippen LogP contribution in [-0.2, 0) is 7.05 Å². The number of nitrogens with zero attached hydrogens (tertiary/aromatic N) is 3. The van der Waals surface area contributed by atoms with Crippen molar-refractivity contribution in [1.82, 2.24) is 9.55 Å².